The number of rotatable bonds is 6. The lowest BCUT2D eigenvalue weighted by Crippen LogP contribution is -2.48. The third-order valence-corrected chi connectivity index (χ3v) is 21.8. The third-order valence-electron chi connectivity index (χ3n) is 21.8. The smallest absolute Gasteiger partial charge is 0.0726 e. The van der Waals surface area contributed by atoms with Crippen molar-refractivity contribution in [3.63, 3.8) is 0 Å². The van der Waals surface area contributed by atoms with Crippen molar-refractivity contribution in [3.05, 3.63) is 220 Å². The van der Waals surface area contributed by atoms with Crippen molar-refractivity contribution in [1.29, 1.82) is 0 Å². The summed E-state index contributed by atoms with van der Waals surface area (Å²) in [6.07, 6.45) is 17.1. The summed E-state index contributed by atoms with van der Waals surface area (Å²) in [6.45, 7) is 4.85. The Hall–Kier alpha value is -6.44. The van der Waals surface area contributed by atoms with Crippen molar-refractivity contribution in [2.24, 2.45) is 35.5 Å². The van der Waals surface area contributed by atoms with Crippen LogP contribution in [-0.4, -0.2) is 0 Å². The van der Waals surface area contributed by atoms with Crippen LogP contribution in [0, 0.1) is 35.5 Å². The molecule has 11 aliphatic carbocycles. The predicted molar refractivity (Wildman–Crippen MR) is 300 cm³/mol. The highest BCUT2D eigenvalue weighted by atomic mass is 15.1. The van der Waals surface area contributed by atoms with Gasteiger partial charge in [-0.1, -0.05) is 166 Å². The van der Waals surface area contributed by atoms with Gasteiger partial charge in [-0.05, 0) is 226 Å². The van der Waals surface area contributed by atoms with Gasteiger partial charge in [-0.25, -0.2) is 0 Å². The van der Waals surface area contributed by atoms with Gasteiger partial charge in [0.05, 0.1) is 16.8 Å². The van der Waals surface area contributed by atoms with Crippen LogP contribution in [0.3, 0.4) is 0 Å². The Bertz CT molecular complexity index is 3480. The molecular formula is C72H65N. The molecule has 8 bridgehead atoms. The van der Waals surface area contributed by atoms with Gasteiger partial charge in [-0.15, -0.1) is 0 Å². The molecule has 1 heteroatoms. The van der Waals surface area contributed by atoms with Crippen LogP contribution in [0.15, 0.2) is 176 Å². The normalized spacial score (nSPS) is 30.2. The van der Waals surface area contributed by atoms with Crippen LogP contribution < -0.4 is 4.90 Å². The van der Waals surface area contributed by atoms with E-state index in [1.54, 1.807) is 11.1 Å². The Morgan fingerprint density at radius 1 is 0.342 bits per heavy atom. The molecule has 8 fully saturated rings. The minimum Gasteiger partial charge on any atom is -0.309 e. The van der Waals surface area contributed by atoms with Gasteiger partial charge < -0.3 is 4.90 Å². The molecule has 0 aromatic heterocycles. The van der Waals surface area contributed by atoms with E-state index >= 15 is 0 Å². The molecule has 1 spiro atoms. The van der Waals surface area contributed by atoms with Crippen LogP contribution in [0.4, 0.5) is 17.1 Å². The van der Waals surface area contributed by atoms with E-state index in [1.807, 2.05) is 0 Å². The third kappa shape index (κ3) is 5.60. The number of benzene rings is 8. The summed E-state index contributed by atoms with van der Waals surface area (Å²) in [6, 6.07) is 70.1. The highest BCUT2D eigenvalue weighted by Gasteiger charge is 2.57. The zero-order valence-corrected chi connectivity index (χ0v) is 42.6. The van der Waals surface area contributed by atoms with E-state index in [4.69, 9.17) is 0 Å². The van der Waals surface area contributed by atoms with Crippen molar-refractivity contribution in [3.8, 4) is 44.5 Å². The molecule has 0 saturated heterocycles. The highest BCUT2D eigenvalue weighted by Crippen LogP contribution is 2.69. The Morgan fingerprint density at radius 3 is 1.40 bits per heavy atom. The van der Waals surface area contributed by atoms with Crippen molar-refractivity contribution in [1.82, 2.24) is 0 Å². The number of anilines is 3. The summed E-state index contributed by atoms with van der Waals surface area (Å²) in [7, 11) is 0. The van der Waals surface area contributed by atoms with E-state index in [-0.39, 0.29) is 5.41 Å². The zero-order valence-electron chi connectivity index (χ0n) is 42.6. The summed E-state index contributed by atoms with van der Waals surface area (Å²) in [4.78, 5) is 2.66. The molecule has 11 aliphatic rings. The molecule has 0 amide bonds. The Kier molecular flexibility index (Phi) is 8.42. The van der Waals surface area contributed by atoms with E-state index in [9.17, 15) is 0 Å². The van der Waals surface area contributed by atoms with Crippen LogP contribution in [0.1, 0.15) is 135 Å². The second kappa shape index (κ2) is 14.7. The van der Waals surface area contributed by atoms with E-state index < -0.39 is 5.41 Å². The predicted octanol–water partition coefficient (Wildman–Crippen LogP) is 18.4. The molecule has 8 saturated carbocycles. The van der Waals surface area contributed by atoms with Gasteiger partial charge in [0, 0.05) is 22.2 Å². The summed E-state index contributed by atoms with van der Waals surface area (Å²) >= 11 is 0. The van der Waals surface area contributed by atoms with E-state index in [0.29, 0.717) is 10.8 Å². The zero-order chi connectivity index (χ0) is 48.0. The Morgan fingerprint density at radius 2 is 0.795 bits per heavy atom. The Balaban J connectivity index is 0.934. The van der Waals surface area contributed by atoms with Gasteiger partial charge in [-0.3, -0.25) is 0 Å². The standard InChI is InChI=1S/C72H65N/c1-69(2)60-18-9-6-16-55(60)56-28-25-53(37-63(56)69)73(66-21-11-8-15-54(66)50-13-4-3-5-14-50)67-22-12-20-62-68(67)59-17-7-10-19-61(59)72(62)64-35-51(70-38-44-29-45(39-70)31-46(30-44)40-70)23-26-57(64)58-27-24-52(36-65(58)72)71-41-47-32-48(42-71)34-49(33-47)43-71/h3-28,35-37,44-49H,29-34,38-43H2,1-2H3. The maximum absolute atomic E-state index is 2.83. The highest BCUT2D eigenvalue weighted by molar-refractivity contribution is 6.03. The van der Waals surface area contributed by atoms with E-state index in [2.05, 4.69) is 195 Å². The fourth-order valence-electron chi connectivity index (χ4n) is 19.8. The lowest BCUT2D eigenvalue weighted by atomic mass is 9.48. The lowest BCUT2D eigenvalue weighted by molar-refractivity contribution is -0.00530. The molecule has 0 heterocycles. The van der Waals surface area contributed by atoms with E-state index in [0.717, 1.165) is 35.5 Å². The van der Waals surface area contributed by atoms with Gasteiger partial charge in [0.25, 0.3) is 0 Å². The topological polar surface area (TPSA) is 3.24 Å². The van der Waals surface area contributed by atoms with Crippen molar-refractivity contribution < 1.29 is 0 Å². The van der Waals surface area contributed by atoms with Crippen LogP contribution in [0.5, 0.6) is 0 Å². The molecule has 0 aliphatic heterocycles. The van der Waals surface area contributed by atoms with Gasteiger partial charge in [0.15, 0.2) is 0 Å². The first-order chi connectivity index (χ1) is 35.8. The lowest BCUT2D eigenvalue weighted by Gasteiger charge is -2.57. The molecule has 8 aromatic carbocycles. The summed E-state index contributed by atoms with van der Waals surface area (Å²) < 4.78 is 0. The quantitative estimate of drug-likeness (QED) is 0.161. The van der Waals surface area contributed by atoms with Crippen LogP contribution in [0.2, 0.25) is 0 Å². The summed E-state index contributed by atoms with van der Waals surface area (Å²) in [5, 5.41) is 0. The molecular weight excluding hydrogens is 879 g/mol. The minimum atomic E-state index is -0.449. The average molecular weight is 944 g/mol. The number of fused-ring (bicyclic) bond motifs is 13. The number of para-hydroxylation sites is 1. The number of nitrogens with zero attached hydrogens (tertiary/aromatic N) is 1. The number of hydrogen-bond acceptors (Lipinski definition) is 1. The molecule has 0 radical (unpaired) electrons. The second-order valence-electron chi connectivity index (χ2n) is 26.0. The molecule has 1 nitrogen and oxygen atoms in total. The van der Waals surface area contributed by atoms with Crippen LogP contribution >= 0.6 is 0 Å². The fourth-order valence-corrected chi connectivity index (χ4v) is 19.8. The fraction of sp³-hybridized carbons (Fsp3) is 0.333. The molecule has 0 unspecified atom stereocenters. The maximum atomic E-state index is 2.83. The molecule has 73 heavy (non-hydrogen) atoms. The monoisotopic (exact) mass is 944 g/mol. The molecule has 19 rings (SSSR count). The first-order valence-electron chi connectivity index (χ1n) is 28.5. The average Bonchev–Trinajstić information content (AvgIpc) is 4.07. The van der Waals surface area contributed by atoms with Crippen LogP contribution in [0.25, 0.3) is 44.5 Å². The van der Waals surface area contributed by atoms with Crippen molar-refractivity contribution in [2.75, 3.05) is 4.90 Å². The summed E-state index contributed by atoms with van der Waals surface area (Å²) in [5.74, 6) is 5.38. The number of hydrogen-bond donors (Lipinski definition) is 0. The summed E-state index contributed by atoms with van der Waals surface area (Å²) in [5.41, 5.74) is 26.6. The van der Waals surface area contributed by atoms with Gasteiger partial charge in [0.1, 0.15) is 0 Å². The van der Waals surface area contributed by atoms with Crippen molar-refractivity contribution in [2.45, 2.75) is 113 Å². The van der Waals surface area contributed by atoms with Crippen LogP contribution in [-0.2, 0) is 21.7 Å². The first-order valence-corrected chi connectivity index (χ1v) is 28.5. The van der Waals surface area contributed by atoms with E-state index in [1.165, 1.54) is 172 Å². The molecule has 0 atom stereocenters. The largest absolute Gasteiger partial charge is 0.309 e. The SMILES string of the molecule is CC1(C)c2ccccc2-c2ccc(N(c3ccccc3-c3ccccc3)c3cccc4c3-c3ccccc3C43c4cc(C56CC7CC(CC(C7)C5)C6)ccc4-c4ccc(C56CC7CC(CC(C7)C5)C6)cc43)cc21. The molecule has 358 valence electrons. The van der Waals surface area contributed by atoms with Gasteiger partial charge >= 0.3 is 0 Å². The second-order valence-corrected chi connectivity index (χ2v) is 26.0. The minimum absolute atomic E-state index is 0.137. The first kappa shape index (κ1) is 42.0. The van der Waals surface area contributed by atoms with Crippen molar-refractivity contribution >= 4 is 17.1 Å². The van der Waals surface area contributed by atoms with Gasteiger partial charge in [0.2, 0.25) is 0 Å². The molecule has 0 N–H and O–H groups in total. The molecule has 8 aromatic rings. The van der Waals surface area contributed by atoms with Gasteiger partial charge in [-0.2, -0.15) is 0 Å². The maximum Gasteiger partial charge on any atom is 0.0726 e. The Labute approximate surface area is 432 Å².